The number of nitro benzene ring substituents is 1. The maximum atomic E-state index is 13.0. The van der Waals surface area contributed by atoms with Crippen molar-refractivity contribution >= 4 is 57.3 Å². The average molecular weight is 514 g/mol. The molecule has 0 aliphatic rings. The number of nitrogens with one attached hydrogen (secondary N) is 3. The third-order valence-electron chi connectivity index (χ3n) is 5.04. The van der Waals surface area contributed by atoms with Gasteiger partial charge in [0.05, 0.1) is 38.5 Å². The molecule has 0 aliphatic carbocycles. The Labute approximate surface area is 208 Å². The SMILES string of the molecule is COc1ccc(CNC(=O)c2cc([N+](=O)[O-])cc3c(=O)[nH]c(Nc4ccc(Cl)c(Cl)c4)nc23)cc1. The number of carbonyl (C=O) groups excluding carboxylic acids is 1. The van der Waals surface area contributed by atoms with Gasteiger partial charge >= 0.3 is 0 Å². The second kappa shape index (κ2) is 10.00. The second-order valence-electron chi connectivity index (χ2n) is 7.35. The van der Waals surface area contributed by atoms with Gasteiger partial charge in [-0.15, -0.1) is 0 Å². The highest BCUT2D eigenvalue weighted by molar-refractivity contribution is 6.42. The van der Waals surface area contributed by atoms with E-state index < -0.39 is 22.1 Å². The molecule has 4 aromatic rings. The predicted molar refractivity (Wildman–Crippen MR) is 133 cm³/mol. The van der Waals surface area contributed by atoms with E-state index in [-0.39, 0.29) is 34.0 Å². The number of amides is 1. The number of fused-ring (bicyclic) bond motifs is 1. The van der Waals surface area contributed by atoms with Crippen molar-refractivity contribution in [1.29, 1.82) is 0 Å². The van der Waals surface area contributed by atoms with Crippen LogP contribution in [0.25, 0.3) is 10.9 Å². The molecular formula is C23H17Cl2N5O5. The van der Waals surface area contributed by atoms with Crippen LogP contribution in [0.5, 0.6) is 5.75 Å². The van der Waals surface area contributed by atoms with Crippen LogP contribution in [0.4, 0.5) is 17.3 Å². The first-order valence-electron chi connectivity index (χ1n) is 10.1. The zero-order valence-electron chi connectivity index (χ0n) is 18.1. The molecule has 178 valence electrons. The summed E-state index contributed by atoms with van der Waals surface area (Å²) in [4.78, 5) is 43.4. The summed E-state index contributed by atoms with van der Waals surface area (Å²) in [7, 11) is 1.55. The van der Waals surface area contributed by atoms with E-state index in [0.29, 0.717) is 16.5 Å². The lowest BCUT2D eigenvalue weighted by molar-refractivity contribution is -0.384. The number of aromatic amines is 1. The Hall–Kier alpha value is -4.15. The van der Waals surface area contributed by atoms with Crippen LogP contribution >= 0.6 is 23.2 Å². The minimum Gasteiger partial charge on any atom is -0.497 e. The number of methoxy groups -OCH3 is 1. The number of halogens is 2. The minimum absolute atomic E-state index is 0.00542. The lowest BCUT2D eigenvalue weighted by atomic mass is 10.1. The van der Waals surface area contributed by atoms with E-state index in [1.807, 2.05) is 0 Å². The topological polar surface area (TPSA) is 139 Å². The van der Waals surface area contributed by atoms with Gasteiger partial charge in [0.1, 0.15) is 5.75 Å². The molecule has 0 unspecified atom stereocenters. The molecule has 3 aromatic carbocycles. The molecule has 4 rings (SSSR count). The monoisotopic (exact) mass is 513 g/mol. The molecule has 0 saturated heterocycles. The molecule has 3 N–H and O–H groups in total. The molecule has 10 nitrogen and oxygen atoms in total. The lowest BCUT2D eigenvalue weighted by Crippen LogP contribution is -2.24. The number of H-pyrrole nitrogens is 1. The number of benzene rings is 3. The van der Waals surface area contributed by atoms with E-state index in [9.17, 15) is 19.7 Å². The fraction of sp³-hybridized carbons (Fsp3) is 0.0870. The summed E-state index contributed by atoms with van der Waals surface area (Å²) < 4.78 is 5.11. The number of aromatic nitrogens is 2. The van der Waals surface area contributed by atoms with Gasteiger partial charge in [-0.05, 0) is 35.9 Å². The summed E-state index contributed by atoms with van der Waals surface area (Å²) in [5, 5.41) is 17.6. The van der Waals surface area contributed by atoms with Crippen LogP contribution in [0.1, 0.15) is 15.9 Å². The fourth-order valence-electron chi connectivity index (χ4n) is 3.30. The third kappa shape index (κ3) is 5.34. The molecule has 0 saturated carbocycles. The van der Waals surface area contributed by atoms with Crippen molar-refractivity contribution in [2.24, 2.45) is 0 Å². The number of nitro groups is 1. The Morgan fingerprint density at radius 1 is 1.11 bits per heavy atom. The summed E-state index contributed by atoms with van der Waals surface area (Å²) in [6.07, 6.45) is 0. The molecule has 35 heavy (non-hydrogen) atoms. The van der Waals surface area contributed by atoms with Crippen LogP contribution in [0.2, 0.25) is 10.0 Å². The van der Waals surface area contributed by atoms with Crippen molar-refractivity contribution in [3.63, 3.8) is 0 Å². The van der Waals surface area contributed by atoms with Crippen molar-refractivity contribution < 1.29 is 14.5 Å². The van der Waals surface area contributed by atoms with E-state index >= 15 is 0 Å². The lowest BCUT2D eigenvalue weighted by Gasteiger charge is -2.11. The largest absolute Gasteiger partial charge is 0.497 e. The number of non-ortho nitro benzene ring substituents is 1. The van der Waals surface area contributed by atoms with Crippen LogP contribution in [0, 0.1) is 10.1 Å². The van der Waals surface area contributed by atoms with Crippen LogP contribution in [0.15, 0.2) is 59.4 Å². The van der Waals surface area contributed by atoms with Crippen LogP contribution in [-0.4, -0.2) is 27.9 Å². The van der Waals surface area contributed by atoms with E-state index in [1.54, 1.807) is 43.5 Å². The predicted octanol–water partition coefficient (Wildman–Crippen LogP) is 4.82. The molecular weight excluding hydrogens is 497 g/mol. The molecule has 0 radical (unpaired) electrons. The van der Waals surface area contributed by atoms with Crippen LogP contribution in [0.3, 0.4) is 0 Å². The van der Waals surface area contributed by atoms with Gasteiger partial charge in [0.15, 0.2) is 0 Å². The number of rotatable bonds is 7. The average Bonchev–Trinajstić information content (AvgIpc) is 2.84. The molecule has 0 spiro atoms. The Kier molecular flexibility index (Phi) is 6.85. The van der Waals surface area contributed by atoms with Gasteiger partial charge in [-0.2, -0.15) is 0 Å². The molecule has 12 heteroatoms. The second-order valence-corrected chi connectivity index (χ2v) is 8.16. The van der Waals surface area contributed by atoms with E-state index in [1.165, 1.54) is 6.07 Å². The number of ether oxygens (including phenoxy) is 1. The van der Waals surface area contributed by atoms with Gasteiger partial charge in [0.25, 0.3) is 17.2 Å². The molecule has 0 atom stereocenters. The summed E-state index contributed by atoms with van der Waals surface area (Å²) in [6, 6.07) is 13.9. The van der Waals surface area contributed by atoms with E-state index in [4.69, 9.17) is 27.9 Å². The number of carbonyl (C=O) groups is 1. The summed E-state index contributed by atoms with van der Waals surface area (Å²) in [5.41, 5.74) is 0.0613. The Balaban J connectivity index is 1.71. The van der Waals surface area contributed by atoms with Crippen molar-refractivity contribution in [2.45, 2.75) is 6.54 Å². The van der Waals surface area contributed by atoms with E-state index in [0.717, 1.165) is 17.7 Å². The zero-order valence-corrected chi connectivity index (χ0v) is 19.6. The fourth-order valence-corrected chi connectivity index (χ4v) is 3.59. The van der Waals surface area contributed by atoms with E-state index in [2.05, 4.69) is 20.6 Å². The number of hydrogen-bond donors (Lipinski definition) is 3. The van der Waals surface area contributed by atoms with Crippen molar-refractivity contribution in [3.05, 3.63) is 96.2 Å². The molecule has 0 fully saturated rings. The van der Waals surface area contributed by atoms with Gasteiger partial charge in [-0.1, -0.05) is 35.3 Å². The van der Waals surface area contributed by atoms with Crippen LogP contribution in [-0.2, 0) is 6.54 Å². The molecule has 1 amide bonds. The van der Waals surface area contributed by atoms with Crippen molar-refractivity contribution in [3.8, 4) is 5.75 Å². The smallest absolute Gasteiger partial charge is 0.271 e. The summed E-state index contributed by atoms with van der Waals surface area (Å²) >= 11 is 12.0. The number of hydrogen-bond acceptors (Lipinski definition) is 7. The Morgan fingerprint density at radius 2 is 1.86 bits per heavy atom. The third-order valence-corrected chi connectivity index (χ3v) is 5.78. The highest BCUT2D eigenvalue weighted by atomic mass is 35.5. The summed E-state index contributed by atoms with van der Waals surface area (Å²) in [6.45, 7) is 0.143. The standard InChI is InChI=1S/C23H17Cl2N5O5/c1-35-15-5-2-12(3-6-15)11-26-21(31)16-9-14(30(33)34)10-17-20(16)28-23(29-22(17)32)27-13-4-7-18(24)19(25)8-13/h2-10H,11H2,1H3,(H,26,31)(H2,27,28,29,32). The van der Waals surface area contributed by atoms with Gasteiger partial charge in [-0.3, -0.25) is 24.7 Å². The quantitative estimate of drug-likeness (QED) is 0.237. The van der Waals surface area contributed by atoms with Crippen molar-refractivity contribution in [2.75, 3.05) is 12.4 Å². The van der Waals surface area contributed by atoms with Crippen molar-refractivity contribution in [1.82, 2.24) is 15.3 Å². The zero-order chi connectivity index (χ0) is 25.1. The maximum Gasteiger partial charge on any atom is 0.271 e. The first-order valence-corrected chi connectivity index (χ1v) is 10.9. The molecule has 1 heterocycles. The molecule has 0 aliphatic heterocycles. The van der Waals surface area contributed by atoms with Crippen LogP contribution < -0.4 is 20.9 Å². The minimum atomic E-state index is -0.680. The first-order chi connectivity index (χ1) is 16.7. The molecule has 1 aromatic heterocycles. The van der Waals surface area contributed by atoms with Gasteiger partial charge < -0.3 is 15.4 Å². The normalized spacial score (nSPS) is 10.7. The van der Waals surface area contributed by atoms with Gasteiger partial charge in [0.2, 0.25) is 5.95 Å². The van der Waals surface area contributed by atoms with Gasteiger partial charge in [0, 0.05) is 24.4 Å². The Bertz CT molecular complexity index is 1510. The highest BCUT2D eigenvalue weighted by Crippen LogP contribution is 2.27. The first kappa shape index (κ1) is 24.0. The highest BCUT2D eigenvalue weighted by Gasteiger charge is 2.20. The number of anilines is 2. The molecule has 0 bridgehead atoms. The maximum absolute atomic E-state index is 13.0. The summed E-state index contributed by atoms with van der Waals surface area (Å²) in [5.74, 6) is 0.0437. The van der Waals surface area contributed by atoms with Gasteiger partial charge in [-0.25, -0.2) is 4.98 Å². The Morgan fingerprint density at radius 3 is 2.51 bits per heavy atom. The number of nitrogens with zero attached hydrogens (tertiary/aromatic N) is 2.